The predicted molar refractivity (Wildman–Crippen MR) is 138 cm³/mol. The number of imidazole rings is 1. The van der Waals surface area contributed by atoms with E-state index in [0.717, 1.165) is 22.6 Å². The van der Waals surface area contributed by atoms with Gasteiger partial charge >= 0.3 is 0 Å². The molecule has 1 heterocycles. The maximum absolute atomic E-state index is 13.2. The molecule has 36 heavy (non-hydrogen) atoms. The Bertz CT molecular complexity index is 1320. The molecule has 0 aliphatic carbocycles. The van der Waals surface area contributed by atoms with Crippen molar-refractivity contribution in [2.24, 2.45) is 0 Å². The number of hydrogen-bond donors (Lipinski definition) is 1. The van der Waals surface area contributed by atoms with Gasteiger partial charge in [0.15, 0.2) is 11.5 Å². The number of rotatable bonds is 10. The summed E-state index contributed by atoms with van der Waals surface area (Å²) in [6.07, 6.45) is 0. The summed E-state index contributed by atoms with van der Waals surface area (Å²) in [6.45, 7) is 4.99. The van der Waals surface area contributed by atoms with Gasteiger partial charge in [-0.15, -0.1) is 0 Å². The molecule has 4 rings (SSSR count). The Morgan fingerprint density at radius 1 is 0.972 bits per heavy atom. The van der Waals surface area contributed by atoms with Gasteiger partial charge in [-0.1, -0.05) is 29.8 Å². The van der Waals surface area contributed by atoms with Gasteiger partial charge in [0.25, 0.3) is 5.91 Å². The monoisotopic (exact) mass is 489 g/mol. The molecule has 0 fully saturated rings. The fourth-order valence-corrected chi connectivity index (χ4v) is 4.11. The molecule has 0 saturated carbocycles. The number of methoxy groups -OCH3 is 3. The summed E-state index contributed by atoms with van der Waals surface area (Å²) in [7, 11) is 4.56. The number of aromatic nitrogens is 2. The van der Waals surface area contributed by atoms with Crippen molar-refractivity contribution < 1.29 is 23.7 Å². The van der Waals surface area contributed by atoms with Crippen LogP contribution in [0, 0.1) is 6.92 Å². The first-order valence-corrected chi connectivity index (χ1v) is 11.7. The molecular formula is C28H31N3O5. The third-order valence-electron chi connectivity index (χ3n) is 5.95. The van der Waals surface area contributed by atoms with Crippen LogP contribution < -0.4 is 24.3 Å². The standard InChI is InChI=1S/C28H31N3O5/c1-18-10-12-21(13-11-18)36-15-14-31-23-9-7-6-8-22(23)30-27(31)19(2)29-28(32)20-16-24(33-3)26(35-5)25(17-20)34-4/h6-13,16-17,19H,14-15H2,1-5H3,(H,29,32). The van der Waals surface area contributed by atoms with Crippen molar-refractivity contribution in [3.05, 3.63) is 77.6 Å². The average molecular weight is 490 g/mol. The predicted octanol–water partition coefficient (Wildman–Crippen LogP) is 4.94. The fraction of sp³-hybridized carbons (Fsp3) is 0.286. The van der Waals surface area contributed by atoms with Crippen LogP contribution in [0.5, 0.6) is 23.0 Å². The molecule has 1 N–H and O–H groups in total. The maximum Gasteiger partial charge on any atom is 0.252 e. The third kappa shape index (κ3) is 5.22. The minimum absolute atomic E-state index is 0.281. The number of benzene rings is 3. The summed E-state index contributed by atoms with van der Waals surface area (Å²) >= 11 is 0. The Balaban J connectivity index is 1.56. The number of fused-ring (bicyclic) bond motifs is 1. The average Bonchev–Trinajstić information content (AvgIpc) is 3.27. The molecular weight excluding hydrogens is 458 g/mol. The van der Waals surface area contributed by atoms with Crippen LogP contribution >= 0.6 is 0 Å². The quantitative estimate of drug-likeness (QED) is 0.340. The van der Waals surface area contributed by atoms with Crippen LogP contribution in [-0.2, 0) is 6.54 Å². The molecule has 1 unspecified atom stereocenters. The molecule has 3 aromatic carbocycles. The number of amides is 1. The highest BCUT2D eigenvalue weighted by atomic mass is 16.5. The van der Waals surface area contributed by atoms with E-state index in [-0.39, 0.29) is 11.9 Å². The number of hydrogen-bond acceptors (Lipinski definition) is 6. The maximum atomic E-state index is 13.2. The SMILES string of the molecule is COc1cc(C(=O)NC(C)c2nc3ccccc3n2CCOc2ccc(C)cc2)cc(OC)c1OC. The number of para-hydroxylation sites is 2. The van der Waals surface area contributed by atoms with Gasteiger partial charge in [0, 0.05) is 5.56 Å². The lowest BCUT2D eigenvalue weighted by atomic mass is 10.1. The largest absolute Gasteiger partial charge is 0.493 e. The number of carbonyl (C=O) groups is 1. The molecule has 4 aromatic rings. The minimum atomic E-state index is -0.372. The minimum Gasteiger partial charge on any atom is -0.493 e. The molecule has 188 valence electrons. The molecule has 0 aliphatic heterocycles. The molecule has 8 nitrogen and oxygen atoms in total. The second kappa shape index (κ2) is 11.0. The van der Waals surface area contributed by atoms with Crippen molar-refractivity contribution in [1.29, 1.82) is 0 Å². The van der Waals surface area contributed by atoms with E-state index in [1.165, 1.54) is 26.9 Å². The Morgan fingerprint density at radius 3 is 2.28 bits per heavy atom. The zero-order chi connectivity index (χ0) is 25.7. The van der Waals surface area contributed by atoms with E-state index in [1.54, 1.807) is 12.1 Å². The molecule has 1 amide bonds. The topological polar surface area (TPSA) is 83.8 Å². The van der Waals surface area contributed by atoms with E-state index in [4.69, 9.17) is 23.9 Å². The second-order valence-electron chi connectivity index (χ2n) is 8.38. The molecule has 1 aromatic heterocycles. The van der Waals surface area contributed by atoms with Crippen molar-refractivity contribution in [1.82, 2.24) is 14.9 Å². The zero-order valence-electron chi connectivity index (χ0n) is 21.2. The highest BCUT2D eigenvalue weighted by Gasteiger charge is 2.22. The summed E-state index contributed by atoms with van der Waals surface area (Å²) in [6, 6.07) is 18.8. The van der Waals surface area contributed by atoms with E-state index in [2.05, 4.69) is 9.88 Å². The number of nitrogens with zero attached hydrogens (tertiary/aromatic N) is 2. The molecule has 0 bridgehead atoms. The van der Waals surface area contributed by atoms with E-state index in [0.29, 0.717) is 36.0 Å². The van der Waals surface area contributed by atoms with Crippen LogP contribution in [0.3, 0.4) is 0 Å². The summed E-state index contributed by atoms with van der Waals surface area (Å²) in [5, 5.41) is 3.05. The molecule has 0 aliphatic rings. The highest BCUT2D eigenvalue weighted by molar-refractivity contribution is 5.96. The lowest BCUT2D eigenvalue weighted by Gasteiger charge is -2.18. The first kappa shape index (κ1) is 24.9. The first-order valence-electron chi connectivity index (χ1n) is 11.7. The van der Waals surface area contributed by atoms with Gasteiger partial charge < -0.3 is 28.8 Å². The van der Waals surface area contributed by atoms with E-state index < -0.39 is 0 Å². The lowest BCUT2D eigenvalue weighted by Crippen LogP contribution is -2.29. The Kier molecular flexibility index (Phi) is 7.63. The molecule has 0 radical (unpaired) electrons. The van der Waals surface area contributed by atoms with Gasteiger partial charge in [0.1, 0.15) is 18.2 Å². The van der Waals surface area contributed by atoms with E-state index in [1.807, 2.05) is 62.4 Å². The zero-order valence-corrected chi connectivity index (χ0v) is 21.2. The molecule has 0 spiro atoms. The normalized spacial score (nSPS) is 11.7. The van der Waals surface area contributed by atoms with E-state index >= 15 is 0 Å². The summed E-state index contributed by atoms with van der Waals surface area (Å²) < 4.78 is 24.2. The van der Waals surface area contributed by atoms with Crippen LogP contribution in [0.1, 0.15) is 34.7 Å². The van der Waals surface area contributed by atoms with Gasteiger partial charge in [0.05, 0.1) is 44.9 Å². The summed E-state index contributed by atoms with van der Waals surface area (Å²) in [4.78, 5) is 18.0. The Labute approximate surface area is 210 Å². The highest BCUT2D eigenvalue weighted by Crippen LogP contribution is 2.38. The van der Waals surface area contributed by atoms with Gasteiger partial charge in [0.2, 0.25) is 5.75 Å². The second-order valence-corrected chi connectivity index (χ2v) is 8.38. The Morgan fingerprint density at radius 2 is 1.64 bits per heavy atom. The number of nitrogens with one attached hydrogen (secondary N) is 1. The molecule has 8 heteroatoms. The van der Waals surface area contributed by atoms with Gasteiger partial charge in [-0.3, -0.25) is 4.79 Å². The van der Waals surface area contributed by atoms with Crippen LogP contribution in [-0.4, -0.2) is 43.4 Å². The fourth-order valence-electron chi connectivity index (χ4n) is 4.11. The van der Waals surface area contributed by atoms with Crippen molar-refractivity contribution >= 4 is 16.9 Å². The van der Waals surface area contributed by atoms with Crippen LogP contribution in [0.4, 0.5) is 0 Å². The number of carbonyl (C=O) groups excluding carboxylic acids is 1. The van der Waals surface area contributed by atoms with Crippen molar-refractivity contribution in [2.75, 3.05) is 27.9 Å². The molecule has 1 atom stereocenters. The van der Waals surface area contributed by atoms with E-state index in [9.17, 15) is 4.79 Å². The summed E-state index contributed by atoms with van der Waals surface area (Å²) in [5.41, 5.74) is 3.41. The number of ether oxygens (including phenoxy) is 4. The smallest absolute Gasteiger partial charge is 0.252 e. The van der Waals surface area contributed by atoms with Crippen molar-refractivity contribution in [3.8, 4) is 23.0 Å². The van der Waals surface area contributed by atoms with Gasteiger partial charge in [-0.05, 0) is 50.2 Å². The van der Waals surface area contributed by atoms with Crippen molar-refractivity contribution in [3.63, 3.8) is 0 Å². The first-order chi connectivity index (χ1) is 17.4. The van der Waals surface area contributed by atoms with Crippen molar-refractivity contribution in [2.45, 2.75) is 26.4 Å². The molecule has 0 saturated heterocycles. The Hall–Kier alpha value is -4.20. The van der Waals surface area contributed by atoms with Gasteiger partial charge in [-0.25, -0.2) is 4.98 Å². The van der Waals surface area contributed by atoms with Gasteiger partial charge in [-0.2, -0.15) is 0 Å². The lowest BCUT2D eigenvalue weighted by molar-refractivity contribution is 0.0936. The van der Waals surface area contributed by atoms with Crippen LogP contribution in [0.15, 0.2) is 60.7 Å². The number of aryl methyl sites for hydroxylation is 1. The third-order valence-corrected chi connectivity index (χ3v) is 5.95. The van der Waals surface area contributed by atoms with Crippen LogP contribution in [0.25, 0.3) is 11.0 Å². The van der Waals surface area contributed by atoms with Crippen LogP contribution in [0.2, 0.25) is 0 Å². The summed E-state index contributed by atoms with van der Waals surface area (Å²) in [5.74, 6) is 2.53.